The summed E-state index contributed by atoms with van der Waals surface area (Å²) in [5.41, 5.74) is 0.212. The highest BCUT2D eigenvalue weighted by atomic mass is 32.3. The van der Waals surface area contributed by atoms with E-state index in [1.807, 2.05) is 69.3 Å². The summed E-state index contributed by atoms with van der Waals surface area (Å²) in [5, 5.41) is 4.13. The third kappa shape index (κ3) is 6.23. The lowest BCUT2D eigenvalue weighted by molar-refractivity contribution is 0.0240. The van der Waals surface area contributed by atoms with E-state index in [0.717, 1.165) is 16.5 Å². The number of fused-ring (bicyclic) bond motifs is 3. The Bertz CT molecular complexity index is 2380. The molecule has 1 aliphatic rings. The molecule has 0 unspecified atom stereocenters. The fourth-order valence-electron chi connectivity index (χ4n) is 6.39. The van der Waals surface area contributed by atoms with Crippen molar-refractivity contribution >= 4 is 69.8 Å². The molecule has 1 fully saturated rings. The number of sulfonamides is 2. The van der Waals surface area contributed by atoms with E-state index >= 15 is 0 Å². The van der Waals surface area contributed by atoms with Crippen molar-refractivity contribution in [3.05, 3.63) is 121 Å². The van der Waals surface area contributed by atoms with Gasteiger partial charge < -0.3 is 14.5 Å². The van der Waals surface area contributed by atoms with E-state index in [2.05, 4.69) is 4.90 Å². The maximum Gasteiger partial charge on any atom is 0.410 e. The standard InChI is InChI=1S/C39H37N3O6S2/c1-39(2,3)48-38(43)41-24-22-40(23-25-41)36-20-21-37(35-15-9-8-14-34(35)36)42(49(44,45)32-18-16-28-10-4-6-12-30(28)26-32)50(46,47)33-19-17-29-11-5-7-13-31(29)27-33/h4-21,26-27H,22-25H2,1-3H3. The highest BCUT2D eigenvalue weighted by molar-refractivity contribution is 8.10. The molecule has 6 aromatic carbocycles. The van der Waals surface area contributed by atoms with Crippen molar-refractivity contribution in [2.24, 2.45) is 0 Å². The molecule has 0 spiro atoms. The first-order valence-corrected chi connectivity index (χ1v) is 19.2. The van der Waals surface area contributed by atoms with Crippen molar-refractivity contribution in [1.82, 2.24) is 4.90 Å². The third-order valence-electron chi connectivity index (χ3n) is 8.82. The number of carbonyl (C=O) groups excluding carboxylic acids is 1. The maximum atomic E-state index is 14.8. The third-order valence-corrected chi connectivity index (χ3v) is 13.0. The molecule has 0 aliphatic carbocycles. The average molecular weight is 708 g/mol. The SMILES string of the molecule is CC(C)(C)OC(=O)N1CCN(c2ccc(N(S(=O)(=O)c3ccc4ccccc4c3)S(=O)(=O)c3ccc4ccccc4c3)c3ccccc23)CC1. The minimum atomic E-state index is -4.69. The first-order chi connectivity index (χ1) is 23.8. The molecule has 0 aromatic heterocycles. The number of ether oxygens (including phenoxy) is 1. The Morgan fingerprint density at radius 1 is 0.600 bits per heavy atom. The van der Waals surface area contributed by atoms with E-state index in [1.54, 1.807) is 53.4 Å². The van der Waals surface area contributed by atoms with Crippen LogP contribution < -0.4 is 8.61 Å². The molecule has 0 bridgehead atoms. The van der Waals surface area contributed by atoms with E-state index in [9.17, 15) is 21.6 Å². The van der Waals surface area contributed by atoms with Gasteiger partial charge in [0.05, 0.1) is 15.5 Å². The van der Waals surface area contributed by atoms with E-state index in [-0.39, 0.29) is 21.6 Å². The number of anilines is 2. The average Bonchev–Trinajstić information content (AvgIpc) is 3.10. The smallest absolute Gasteiger partial charge is 0.410 e. The zero-order valence-corrected chi connectivity index (χ0v) is 29.6. The van der Waals surface area contributed by atoms with Crippen molar-refractivity contribution in [2.75, 3.05) is 34.8 Å². The van der Waals surface area contributed by atoms with Crippen LogP contribution in [0.3, 0.4) is 0 Å². The number of hydrogen-bond acceptors (Lipinski definition) is 7. The normalized spacial score (nSPS) is 14.3. The largest absolute Gasteiger partial charge is 0.444 e. The van der Waals surface area contributed by atoms with Crippen LogP contribution in [0.5, 0.6) is 0 Å². The minimum absolute atomic E-state index is 0.0121. The second-order valence-electron chi connectivity index (χ2n) is 13.3. The Labute approximate surface area is 292 Å². The van der Waals surface area contributed by atoms with Gasteiger partial charge in [0.2, 0.25) is 0 Å². The number of piperazine rings is 1. The summed E-state index contributed by atoms with van der Waals surface area (Å²) in [6.45, 7) is 7.39. The maximum absolute atomic E-state index is 14.8. The number of amides is 1. The van der Waals surface area contributed by atoms with Gasteiger partial charge >= 0.3 is 6.09 Å². The van der Waals surface area contributed by atoms with Crippen LogP contribution in [-0.2, 0) is 24.8 Å². The van der Waals surface area contributed by atoms with Crippen LogP contribution in [0.15, 0.2) is 131 Å². The van der Waals surface area contributed by atoms with Gasteiger partial charge in [-0.05, 0) is 78.7 Å². The predicted molar refractivity (Wildman–Crippen MR) is 199 cm³/mol. The van der Waals surface area contributed by atoms with Gasteiger partial charge in [-0.1, -0.05) is 84.9 Å². The van der Waals surface area contributed by atoms with Crippen molar-refractivity contribution in [1.29, 1.82) is 0 Å². The highest BCUT2D eigenvalue weighted by Crippen LogP contribution is 2.40. The summed E-state index contributed by atoms with van der Waals surface area (Å²) in [5.74, 6) is 0. The fourth-order valence-corrected chi connectivity index (χ4v) is 10.2. The molecule has 0 atom stereocenters. The van der Waals surface area contributed by atoms with Crippen molar-refractivity contribution in [3.63, 3.8) is 0 Å². The molecule has 50 heavy (non-hydrogen) atoms. The van der Waals surface area contributed by atoms with Gasteiger partial charge in [0.25, 0.3) is 20.0 Å². The molecule has 9 nitrogen and oxygen atoms in total. The summed E-state index contributed by atoms with van der Waals surface area (Å²) in [6.07, 6.45) is -0.370. The van der Waals surface area contributed by atoms with Crippen molar-refractivity contribution in [3.8, 4) is 0 Å². The molecular formula is C39H37N3O6S2. The number of benzene rings is 6. The molecule has 0 saturated carbocycles. The molecule has 1 amide bonds. The number of carbonyl (C=O) groups is 1. The Morgan fingerprint density at radius 3 is 1.60 bits per heavy atom. The van der Waals surface area contributed by atoms with Crippen LogP contribution in [0.2, 0.25) is 0 Å². The Balaban J connectivity index is 1.35. The zero-order valence-electron chi connectivity index (χ0n) is 28.0. The van der Waals surface area contributed by atoms with Gasteiger partial charge in [0.1, 0.15) is 5.60 Å². The number of hydrogen-bond donors (Lipinski definition) is 0. The summed E-state index contributed by atoms with van der Waals surface area (Å²) in [6, 6.07) is 34.5. The van der Waals surface area contributed by atoms with Gasteiger partial charge in [0.15, 0.2) is 0 Å². The lowest BCUT2D eigenvalue weighted by atomic mass is 10.1. The molecule has 1 heterocycles. The topological polar surface area (TPSA) is 104 Å². The Morgan fingerprint density at radius 2 is 1.08 bits per heavy atom. The van der Waals surface area contributed by atoms with E-state index in [0.29, 0.717) is 51.4 Å². The fraction of sp³-hybridized carbons (Fsp3) is 0.205. The van der Waals surface area contributed by atoms with E-state index < -0.39 is 25.6 Å². The first-order valence-electron chi connectivity index (χ1n) is 16.4. The second-order valence-corrected chi connectivity index (χ2v) is 17.1. The quantitative estimate of drug-likeness (QED) is 0.174. The van der Waals surface area contributed by atoms with E-state index in [1.165, 1.54) is 24.3 Å². The predicted octanol–water partition coefficient (Wildman–Crippen LogP) is 7.79. The molecule has 0 N–H and O–H groups in total. The highest BCUT2D eigenvalue weighted by Gasteiger charge is 2.39. The second kappa shape index (κ2) is 12.6. The van der Waals surface area contributed by atoms with Crippen molar-refractivity contribution < 1.29 is 26.4 Å². The zero-order chi connectivity index (χ0) is 35.3. The lowest BCUT2D eigenvalue weighted by Crippen LogP contribution is -2.50. The van der Waals surface area contributed by atoms with Crippen LogP contribution >= 0.6 is 0 Å². The van der Waals surface area contributed by atoms with Crippen LogP contribution in [-0.4, -0.2) is 59.6 Å². The van der Waals surface area contributed by atoms with Gasteiger partial charge in [0, 0.05) is 42.6 Å². The molecule has 1 aliphatic heterocycles. The Hall–Kier alpha value is -5.13. The van der Waals surface area contributed by atoms with Crippen LogP contribution in [0, 0.1) is 0 Å². The van der Waals surface area contributed by atoms with Crippen LogP contribution in [0.25, 0.3) is 32.3 Å². The molecule has 6 aromatic rings. The number of nitrogens with zero attached hydrogens (tertiary/aromatic N) is 3. The lowest BCUT2D eigenvalue weighted by Gasteiger charge is -2.37. The molecule has 11 heteroatoms. The van der Waals surface area contributed by atoms with E-state index in [4.69, 9.17) is 4.74 Å². The van der Waals surface area contributed by atoms with Crippen LogP contribution in [0.1, 0.15) is 20.8 Å². The molecule has 1 saturated heterocycles. The Kier molecular flexibility index (Phi) is 8.44. The molecule has 7 rings (SSSR count). The summed E-state index contributed by atoms with van der Waals surface area (Å²) < 4.78 is 65.3. The van der Waals surface area contributed by atoms with Gasteiger partial charge in [-0.15, -0.1) is 0 Å². The first kappa shape index (κ1) is 33.4. The minimum Gasteiger partial charge on any atom is -0.444 e. The monoisotopic (exact) mass is 707 g/mol. The summed E-state index contributed by atoms with van der Waals surface area (Å²) >= 11 is 0. The van der Waals surface area contributed by atoms with Gasteiger partial charge in [-0.25, -0.2) is 21.6 Å². The van der Waals surface area contributed by atoms with Gasteiger partial charge in [-0.2, -0.15) is 3.71 Å². The molecule has 0 radical (unpaired) electrons. The van der Waals surface area contributed by atoms with Crippen LogP contribution in [0.4, 0.5) is 16.2 Å². The summed E-state index contributed by atoms with van der Waals surface area (Å²) in [7, 11) is -9.38. The van der Waals surface area contributed by atoms with Crippen molar-refractivity contribution in [2.45, 2.75) is 36.2 Å². The molecule has 256 valence electrons. The molecular weight excluding hydrogens is 671 g/mol. The number of rotatable bonds is 6. The summed E-state index contributed by atoms with van der Waals surface area (Å²) in [4.78, 5) is 16.2. The van der Waals surface area contributed by atoms with Gasteiger partial charge in [-0.3, -0.25) is 0 Å².